The van der Waals surface area contributed by atoms with Crippen molar-refractivity contribution < 1.29 is 4.79 Å². The van der Waals surface area contributed by atoms with Gasteiger partial charge in [0.1, 0.15) is 0 Å². The van der Waals surface area contributed by atoms with Gasteiger partial charge in [-0.3, -0.25) is 4.79 Å². The Morgan fingerprint density at radius 3 is 3.24 bits per heavy atom. The molecule has 4 heteroatoms. The highest BCUT2D eigenvalue weighted by molar-refractivity contribution is 7.09. The third kappa shape index (κ3) is 3.54. The molecule has 1 saturated heterocycles. The average Bonchev–Trinajstić information content (AvgIpc) is 2.82. The van der Waals surface area contributed by atoms with Gasteiger partial charge in [-0.2, -0.15) is 0 Å². The number of thiophene rings is 1. The second-order valence-corrected chi connectivity index (χ2v) is 5.73. The van der Waals surface area contributed by atoms with Crippen LogP contribution in [-0.4, -0.2) is 25.5 Å². The van der Waals surface area contributed by atoms with Gasteiger partial charge in [-0.25, -0.2) is 0 Å². The summed E-state index contributed by atoms with van der Waals surface area (Å²) in [6, 6.07) is 4.17. The Labute approximate surface area is 107 Å². The smallest absolute Gasteiger partial charge is 0.223 e. The van der Waals surface area contributed by atoms with Crippen molar-refractivity contribution in [3.63, 3.8) is 0 Å². The molecule has 94 valence electrons. The van der Waals surface area contributed by atoms with Gasteiger partial charge in [0.2, 0.25) is 5.91 Å². The van der Waals surface area contributed by atoms with E-state index in [1.54, 1.807) is 11.3 Å². The first kappa shape index (κ1) is 12.6. The van der Waals surface area contributed by atoms with E-state index in [-0.39, 0.29) is 11.8 Å². The molecular formula is C13H20N2OS. The highest BCUT2D eigenvalue weighted by atomic mass is 32.1. The zero-order valence-electron chi connectivity index (χ0n) is 10.2. The molecule has 2 heterocycles. The Bertz CT molecular complexity index is 350. The predicted molar refractivity (Wildman–Crippen MR) is 71.2 cm³/mol. The van der Waals surface area contributed by atoms with Crippen molar-refractivity contribution in [2.75, 3.05) is 19.6 Å². The fraction of sp³-hybridized carbons (Fsp3) is 0.615. The summed E-state index contributed by atoms with van der Waals surface area (Å²) in [4.78, 5) is 13.3. The number of nitrogens with one attached hydrogen (secondary N) is 2. The molecule has 0 spiro atoms. The zero-order chi connectivity index (χ0) is 12.1. The molecule has 0 saturated carbocycles. The van der Waals surface area contributed by atoms with E-state index in [0.717, 1.165) is 32.5 Å². The molecule has 1 aromatic heterocycles. The molecule has 0 aliphatic carbocycles. The Kier molecular flexibility index (Phi) is 4.57. The summed E-state index contributed by atoms with van der Waals surface area (Å²) in [6.45, 7) is 4.84. The largest absolute Gasteiger partial charge is 0.355 e. The maximum atomic E-state index is 12.0. The molecule has 3 nitrogen and oxygen atoms in total. The lowest BCUT2D eigenvalue weighted by atomic mass is 9.87. The predicted octanol–water partition coefficient (Wildman–Crippen LogP) is 1.65. The fourth-order valence-electron chi connectivity index (χ4n) is 2.30. The molecule has 2 atom stereocenters. The molecule has 1 aliphatic rings. The molecule has 0 bridgehead atoms. The fourth-order valence-corrected chi connectivity index (χ4v) is 3.01. The van der Waals surface area contributed by atoms with Crippen LogP contribution in [0, 0.1) is 11.8 Å². The van der Waals surface area contributed by atoms with Crippen molar-refractivity contribution in [2.45, 2.75) is 19.8 Å². The molecule has 1 fully saturated rings. The normalized spacial score (nSPS) is 24.5. The molecule has 1 aliphatic heterocycles. The van der Waals surface area contributed by atoms with Crippen molar-refractivity contribution in [3.8, 4) is 0 Å². The van der Waals surface area contributed by atoms with Gasteiger partial charge in [0.15, 0.2) is 0 Å². The summed E-state index contributed by atoms with van der Waals surface area (Å²) < 4.78 is 0. The van der Waals surface area contributed by atoms with E-state index in [1.165, 1.54) is 4.88 Å². The summed E-state index contributed by atoms with van der Waals surface area (Å²) in [7, 11) is 0. The maximum absolute atomic E-state index is 12.0. The van der Waals surface area contributed by atoms with Crippen LogP contribution < -0.4 is 10.6 Å². The first-order valence-corrected chi connectivity index (χ1v) is 7.16. The Balaban J connectivity index is 1.73. The maximum Gasteiger partial charge on any atom is 0.223 e. The van der Waals surface area contributed by atoms with Crippen molar-refractivity contribution >= 4 is 17.2 Å². The van der Waals surface area contributed by atoms with Crippen molar-refractivity contribution in [3.05, 3.63) is 22.4 Å². The van der Waals surface area contributed by atoms with E-state index >= 15 is 0 Å². The Hall–Kier alpha value is -0.870. The quantitative estimate of drug-likeness (QED) is 0.855. The molecule has 0 aromatic carbocycles. The van der Waals surface area contributed by atoms with Gasteiger partial charge >= 0.3 is 0 Å². The van der Waals surface area contributed by atoms with Gasteiger partial charge in [-0.05, 0) is 43.3 Å². The molecule has 2 unspecified atom stereocenters. The van der Waals surface area contributed by atoms with Gasteiger partial charge in [-0.1, -0.05) is 13.0 Å². The lowest BCUT2D eigenvalue weighted by molar-refractivity contribution is -0.127. The summed E-state index contributed by atoms with van der Waals surface area (Å²) in [5.74, 6) is 0.876. The minimum absolute atomic E-state index is 0.194. The minimum atomic E-state index is 0.194. The van der Waals surface area contributed by atoms with Crippen LogP contribution in [0.15, 0.2) is 17.5 Å². The van der Waals surface area contributed by atoms with Crippen molar-refractivity contribution in [1.82, 2.24) is 10.6 Å². The van der Waals surface area contributed by atoms with Crippen LogP contribution in [0.4, 0.5) is 0 Å². The molecule has 17 heavy (non-hydrogen) atoms. The number of rotatable bonds is 4. The second-order valence-electron chi connectivity index (χ2n) is 4.70. The highest BCUT2D eigenvalue weighted by Gasteiger charge is 2.27. The monoisotopic (exact) mass is 252 g/mol. The summed E-state index contributed by atoms with van der Waals surface area (Å²) in [5.41, 5.74) is 0. The van der Waals surface area contributed by atoms with Gasteiger partial charge < -0.3 is 10.6 Å². The first-order chi connectivity index (χ1) is 8.27. The molecule has 2 rings (SSSR count). The number of piperidine rings is 1. The lowest BCUT2D eigenvalue weighted by Gasteiger charge is -2.28. The second kappa shape index (κ2) is 6.17. The highest BCUT2D eigenvalue weighted by Crippen LogP contribution is 2.18. The molecule has 2 N–H and O–H groups in total. The van der Waals surface area contributed by atoms with Crippen LogP contribution in [0.1, 0.15) is 18.2 Å². The van der Waals surface area contributed by atoms with Gasteiger partial charge in [0, 0.05) is 17.3 Å². The van der Waals surface area contributed by atoms with Crippen LogP contribution in [0.3, 0.4) is 0 Å². The van der Waals surface area contributed by atoms with E-state index in [9.17, 15) is 4.79 Å². The SMILES string of the molecule is CC1CNCCC1C(=O)NCCc1cccs1. The van der Waals surface area contributed by atoms with Crippen molar-refractivity contribution in [2.24, 2.45) is 11.8 Å². The van der Waals surface area contributed by atoms with Crippen LogP contribution in [0.25, 0.3) is 0 Å². The third-order valence-corrected chi connectivity index (χ3v) is 4.31. The van der Waals surface area contributed by atoms with Crippen molar-refractivity contribution in [1.29, 1.82) is 0 Å². The van der Waals surface area contributed by atoms with E-state index < -0.39 is 0 Å². The molecular weight excluding hydrogens is 232 g/mol. The van der Waals surface area contributed by atoms with Crippen LogP contribution in [0.5, 0.6) is 0 Å². The van der Waals surface area contributed by atoms with Gasteiger partial charge in [-0.15, -0.1) is 11.3 Å². The van der Waals surface area contributed by atoms with Crippen LogP contribution in [-0.2, 0) is 11.2 Å². The summed E-state index contributed by atoms with van der Waals surface area (Å²) in [5, 5.41) is 8.46. The number of carbonyl (C=O) groups excluding carboxylic acids is 1. The Morgan fingerprint density at radius 2 is 2.53 bits per heavy atom. The van der Waals surface area contributed by atoms with Crippen LogP contribution >= 0.6 is 11.3 Å². The number of amides is 1. The van der Waals surface area contributed by atoms with Crippen LogP contribution in [0.2, 0.25) is 0 Å². The van der Waals surface area contributed by atoms with Gasteiger partial charge in [0.25, 0.3) is 0 Å². The lowest BCUT2D eigenvalue weighted by Crippen LogP contribution is -2.43. The number of carbonyl (C=O) groups is 1. The van der Waals surface area contributed by atoms with E-state index in [0.29, 0.717) is 5.92 Å². The zero-order valence-corrected chi connectivity index (χ0v) is 11.1. The standard InChI is InChI=1S/C13H20N2OS/c1-10-9-14-6-5-12(10)13(16)15-7-4-11-3-2-8-17-11/h2-3,8,10,12,14H,4-7,9H2,1H3,(H,15,16). The number of hydrogen-bond acceptors (Lipinski definition) is 3. The summed E-state index contributed by atoms with van der Waals surface area (Å²) >= 11 is 1.75. The van der Waals surface area contributed by atoms with E-state index in [1.807, 2.05) is 0 Å². The minimum Gasteiger partial charge on any atom is -0.355 e. The molecule has 1 amide bonds. The third-order valence-electron chi connectivity index (χ3n) is 3.37. The van der Waals surface area contributed by atoms with E-state index in [4.69, 9.17) is 0 Å². The van der Waals surface area contributed by atoms with Gasteiger partial charge in [0.05, 0.1) is 0 Å². The molecule has 1 aromatic rings. The summed E-state index contributed by atoms with van der Waals surface area (Å²) in [6.07, 6.45) is 1.91. The number of hydrogen-bond donors (Lipinski definition) is 2. The average molecular weight is 252 g/mol. The molecule has 0 radical (unpaired) electrons. The Morgan fingerprint density at radius 1 is 1.65 bits per heavy atom. The topological polar surface area (TPSA) is 41.1 Å². The van der Waals surface area contributed by atoms with E-state index in [2.05, 4.69) is 35.1 Å². The first-order valence-electron chi connectivity index (χ1n) is 6.28.